The Morgan fingerprint density at radius 3 is 2.24 bits per heavy atom. The first-order chi connectivity index (χ1) is 11.8. The predicted octanol–water partition coefficient (Wildman–Crippen LogP) is 6.34. The van der Waals surface area contributed by atoms with E-state index in [1.165, 1.54) is 4.88 Å². The van der Waals surface area contributed by atoms with Crippen LogP contribution in [0.4, 0.5) is 5.69 Å². The van der Waals surface area contributed by atoms with Crippen LogP contribution in [0.1, 0.15) is 47.9 Å². The number of anilines is 1. The molecule has 2 aromatic rings. The van der Waals surface area contributed by atoms with E-state index in [0.717, 1.165) is 38.6 Å². The molecule has 0 aliphatic heterocycles. The molecule has 1 aromatic carbocycles. The second kappa shape index (κ2) is 9.07. The number of hydrogen-bond acceptors (Lipinski definition) is 2. The van der Waals surface area contributed by atoms with Crippen LogP contribution < -0.4 is 4.72 Å². The summed E-state index contributed by atoms with van der Waals surface area (Å²) in [6.07, 6.45) is 4.52. The Hall–Kier alpha value is -1.78. The third-order valence-electron chi connectivity index (χ3n) is 3.93. The third-order valence-corrected chi connectivity index (χ3v) is 7.35. The maximum absolute atomic E-state index is 13.1. The zero-order valence-corrected chi connectivity index (χ0v) is 17.6. The van der Waals surface area contributed by atoms with Crippen molar-refractivity contribution in [3.8, 4) is 0 Å². The fraction of sp³-hybridized carbons (Fsp3) is 0.286. The van der Waals surface area contributed by atoms with Gasteiger partial charge in [0.05, 0.1) is 15.4 Å². The van der Waals surface area contributed by atoms with Crippen LogP contribution in [0.2, 0.25) is 0 Å². The first-order valence-corrected chi connectivity index (χ1v) is 11.0. The van der Waals surface area contributed by atoms with E-state index < -0.39 is 9.71 Å². The summed E-state index contributed by atoms with van der Waals surface area (Å²) >= 11 is 1.54. The minimum Gasteiger partial charge on any atom is -0.308 e. The fourth-order valence-corrected chi connectivity index (χ4v) is 5.05. The van der Waals surface area contributed by atoms with Gasteiger partial charge in [0.2, 0.25) is 0 Å². The summed E-state index contributed by atoms with van der Waals surface area (Å²) in [5.74, 6) is 3.93. The van der Waals surface area contributed by atoms with E-state index in [-0.39, 0.29) is 0 Å². The monoisotopic (exact) mass is 375 g/mol. The van der Waals surface area contributed by atoms with Gasteiger partial charge in [-0.05, 0) is 61.0 Å². The van der Waals surface area contributed by atoms with Crippen molar-refractivity contribution in [1.29, 1.82) is 0 Å². The smallest absolute Gasteiger partial charge is 0.102 e. The number of aryl methyl sites for hydroxylation is 2. The highest BCUT2D eigenvalue weighted by atomic mass is 32.2. The van der Waals surface area contributed by atoms with Crippen LogP contribution in [0.3, 0.4) is 0 Å². The third kappa shape index (κ3) is 4.65. The number of nitrogens with one attached hydrogen (secondary N) is 1. The molecule has 1 atom stereocenters. The molecular formula is C21H29NOS2. The molecule has 0 saturated heterocycles. The standard InChI is InChI=1S/C19H23NOS2.C2H6/c1-7-15-10-11-19(22-15)23(6,21)20-18-12-13(4)14(5)16(8-2)17(18)9-3;1-2/h8-12H,2-3,6-7H2,1,4-5H3,(H,20,21);1-2H3. The molecule has 1 unspecified atom stereocenters. The molecule has 0 amide bonds. The maximum atomic E-state index is 13.1. The lowest BCUT2D eigenvalue weighted by Gasteiger charge is -2.18. The van der Waals surface area contributed by atoms with Gasteiger partial charge in [-0.3, -0.25) is 0 Å². The molecule has 25 heavy (non-hydrogen) atoms. The molecule has 0 aliphatic rings. The summed E-state index contributed by atoms with van der Waals surface area (Å²) in [4.78, 5) is 1.20. The van der Waals surface area contributed by atoms with Gasteiger partial charge >= 0.3 is 0 Å². The van der Waals surface area contributed by atoms with Gasteiger partial charge < -0.3 is 4.72 Å². The Balaban J connectivity index is 0.00000151. The zero-order chi connectivity index (χ0) is 19.2. The Bertz CT molecular complexity index is 858. The van der Waals surface area contributed by atoms with Gasteiger partial charge in [0.15, 0.2) is 0 Å². The first kappa shape index (κ1) is 21.3. The number of rotatable bonds is 6. The van der Waals surface area contributed by atoms with Crippen LogP contribution in [-0.2, 0) is 16.1 Å². The summed E-state index contributed by atoms with van der Waals surface area (Å²) in [6, 6.07) is 5.91. The highest BCUT2D eigenvalue weighted by Crippen LogP contribution is 2.31. The summed E-state index contributed by atoms with van der Waals surface area (Å²) in [5, 5.41) is 0. The molecule has 1 heterocycles. The van der Waals surface area contributed by atoms with Crippen LogP contribution in [0.5, 0.6) is 0 Å². The van der Waals surface area contributed by atoms with Gasteiger partial charge in [-0.25, -0.2) is 4.21 Å². The van der Waals surface area contributed by atoms with E-state index in [2.05, 4.69) is 37.6 Å². The van der Waals surface area contributed by atoms with Crippen molar-refractivity contribution >= 4 is 44.8 Å². The van der Waals surface area contributed by atoms with Gasteiger partial charge in [0.1, 0.15) is 4.21 Å². The summed E-state index contributed by atoms with van der Waals surface area (Å²) < 4.78 is 17.0. The van der Waals surface area contributed by atoms with Crippen LogP contribution in [-0.4, -0.2) is 10.1 Å². The molecule has 0 spiro atoms. The van der Waals surface area contributed by atoms with E-state index in [1.807, 2.05) is 45.0 Å². The van der Waals surface area contributed by atoms with Gasteiger partial charge in [0.25, 0.3) is 0 Å². The van der Waals surface area contributed by atoms with Crippen LogP contribution in [0.25, 0.3) is 12.2 Å². The highest BCUT2D eigenvalue weighted by Gasteiger charge is 2.15. The van der Waals surface area contributed by atoms with E-state index in [0.29, 0.717) is 0 Å². The van der Waals surface area contributed by atoms with Crippen LogP contribution in [0.15, 0.2) is 35.6 Å². The van der Waals surface area contributed by atoms with Crippen molar-refractivity contribution in [2.75, 3.05) is 4.72 Å². The second-order valence-corrected chi connectivity index (χ2v) is 8.87. The lowest BCUT2D eigenvalue weighted by Crippen LogP contribution is -2.13. The highest BCUT2D eigenvalue weighted by molar-refractivity contribution is 8.03. The number of benzene rings is 1. The quantitative estimate of drug-likeness (QED) is 0.586. The second-order valence-electron chi connectivity index (χ2n) is 5.45. The van der Waals surface area contributed by atoms with E-state index in [4.69, 9.17) is 0 Å². The zero-order valence-electron chi connectivity index (χ0n) is 15.9. The molecule has 0 saturated carbocycles. The van der Waals surface area contributed by atoms with Crippen molar-refractivity contribution < 1.29 is 4.21 Å². The van der Waals surface area contributed by atoms with E-state index in [1.54, 1.807) is 17.4 Å². The van der Waals surface area contributed by atoms with Gasteiger partial charge in [0, 0.05) is 10.4 Å². The topological polar surface area (TPSA) is 29.1 Å². The predicted molar refractivity (Wildman–Crippen MR) is 118 cm³/mol. The van der Waals surface area contributed by atoms with Crippen molar-refractivity contribution in [2.45, 2.75) is 45.2 Å². The molecular weight excluding hydrogens is 346 g/mol. The van der Waals surface area contributed by atoms with Crippen LogP contribution in [0, 0.1) is 13.8 Å². The lowest BCUT2D eigenvalue weighted by molar-refractivity contribution is 0.686. The molecule has 0 radical (unpaired) electrons. The van der Waals surface area contributed by atoms with Gasteiger partial charge in [-0.1, -0.05) is 46.1 Å². The lowest BCUT2D eigenvalue weighted by atomic mass is 9.96. The summed E-state index contributed by atoms with van der Waals surface area (Å²) in [7, 11) is -2.60. The fourth-order valence-electron chi connectivity index (χ4n) is 2.48. The molecule has 2 rings (SSSR count). The minimum atomic E-state index is -2.60. The van der Waals surface area contributed by atoms with E-state index >= 15 is 0 Å². The van der Waals surface area contributed by atoms with Gasteiger partial charge in [-0.2, -0.15) is 0 Å². The molecule has 0 fully saturated rings. The molecule has 0 aliphatic carbocycles. The van der Waals surface area contributed by atoms with Crippen molar-refractivity contribution in [2.24, 2.45) is 0 Å². The van der Waals surface area contributed by atoms with Gasteiger partial charge in [-0.15, -0.1) is 11.3 Å². The first-order valence-electron chi connectivity index (χ1n) is 8.46. The Labute approximate surface area is 157 Å². The number of thiophene rings is 1. The average Bonchev–Trinajstić information content (AvgIpc) is 3.09. The molecule has 1 N–H and O–H groups in total. The normalized spacial score (nSPS) is 12.5. The minimum absolute atomic E-state index is 0.766. The molecule has 4 heteroatoms. The molecule has 2 nitrogen and oxygen atoms in total. The summed E-state index contributed by atoms with van der Waals surface area (Å²) in [6.45, 7) is 18.0. The molecule has 0 bridgehead atoms. The van der Waals surface area contributed by atoms with E-state index in [9.17, 15) is 4.21 Å². The SMILES string of the molecule is C=Cc1c(NS(=C)(=O)c2ccc(CC)s2)cc(C)c(C)c1C=C.CC. The Kier molecular flexibility index (Phi) is 7.71. The van der Waals surface area contributed by atoms with Crippen molar-refractivity contribution in [3.05, 3.63) is 58.5 Å². The maximum Gasteiger partial charge on any atom is 0.102 e. The van der Waals surface area contributed by atoms with Crippen molar-refractivity contribution in [3.63, 3.8) is 0 Å². The Morgan fingerprint density at radius 2 is 1.76 bits per heavy atom. The molecule has 136 valence electrons. The molecule has 1 aromatic heterocycles. The Morgan fingerprint density at radius 1 is 1.16 bits per heavy atom. The van der Waals surface area contributed by atoms with Crippen LogP contribution >= 0.6 is 11.3 Å². The van der Waals surface area contributed by atoms with Crippen molar-refractivity contribution in [1.82, 2.24) is 0 Å². The summed E-state index contributed by atoms with van der Waals surface area (Å²) in [5.41, 5.74) is 4.97. The average molecular weight is 376 g/mol. The number of hydrogen-bond donors (Lipinski definition) is 1. The largest absolute Gasteiger partial charge is 0.308 e.